The van der Waals surface area contributed by atoms with Crippen LogP contribution in [0.1, 0.15) is 11.1 Å². The first kappa shape index (κ1) is 10.7. The summed E-state index contributed by atoms with van der Waals surface area (Å²) in [5.74, 6) is 0.326. The lowest BCUT2D eigenvalue weighted by molar-refractivity contribution is 0.464. The van der Waals surface area contributed by atoms with Crippen LogP contribution in [0.15, 0.2) is 40.4 Å². The molecule has 1 aromatic rings. The Kier molecular flexibility index (Phi) is 4.06. The fourth-order valence-electron chi connectivity index (χ4n) is 1.09. The van der Waals surface area contributed by atoms with Gasteiger partial charge in [0.05, 0.1) is 6.54 Å². The van der Waals surface area contributed by atoms with Gasteiger partial charge < -0.3 is 5.11 Å². The minimum Gasteiger partial charge on any atom is -0.507 e. The number of hydrogen-bond donors (Lipinski definition) is 1. The van der Waals surface area contributed by atoms with Crippen molar-refractivity contribution in [3.63, 3.8) is 0 Å². The van der Waals surface area contributed by atoms with E-state index in [2.05, 4.69) is 16.5 Å². The van der Waals surface area contributed by atoms with Crippen LogP contribution in [0.3, 0.4) is 0 Å². The topological polar surface area (TPSA) is 45.0 Å². The fraction of sp³-hybridized carbons (Fsp3) is 0.200. The van der Waals surface area contributed by atoms with Crippen molar-refractivity contribution >= 4 is 9.68 Å². The predicted octanol–water partition coefficient (Wildman–Crippen LogP) is 1.88. The lowest BCUT2D eigenvalue weighted by Crippen LogP contribution is -1.85. The number of rotatable bonds is 4. The number of phenolic OH excluding ortho intramolecular Hbond substituents is 1. The molecule has 0 unspecified atom stereocenters. The van der Waals surface area contributed by atoms with Crippen molar-refractivity contribution in [2.24, 2.45) is 9.89 Å². The van der Waals surface area contributed by atoms with Gasteiger partial charge in [0, 0.05) is 5.56 Å². The molecule has 4 heteroatoms. The zero-order chi connectivity index (χ0) is 10.4. The van der Waals surface area contributed by atoms with Gasteiger partial charge in [-0.15, -0.1) is 6.58 Å². The minimum atomic E-state index is -0.576. The number of benzene rings is 1. The van der Waals surface area contributed by atoms with Crippen LogP contribution in [0.25, 0.3) is 0 Å². The molecule has 0 aliphatic rings. The van der Waals surface area contributed by atoms with E-state index < -0.39 is 9.68 Å². The molecule has 0 saturated carbocycles. The van der Waals surface area contributed by atoms with Crippen molar-refractivity contribution in [3.05, 3.63) is 41.6 Å². The summed E-state index contributed by atoms with van der Waals surface area (Å²) in [6, 6.07) is 5.64. The monoisotopic (exact) mass is 206 g/mol. The van der Waals surface area contributed by atoms with Crippen molar-refractivity contribution in [1.82, 2.24) is 0 Å². The van der Waals surface area contributed by atoms with Crippen LogP contribution < -0.4 is 0 Å². The zero-order valence-corrected chi connectivity index (χ0v) is 9.69. The van der Waals surface area contributed by atoms with Crippen molar-refractivity contribution < 1.29 is 5.11 Å². The van der Waals surface area contributed by atoms with Crippen molar-refractivity contribution in [3.8, 4) is 5.75 Å². The average molecular weight is 206 g/mol. The summed E-state index contributed by atoms with van der Waals surface area (Å²) in [6.45, 7) is 5.92. The highest BCUT2D eigenvalue weighted by molar-refractivity contribution is 6.39. The second-order valence-corrected chi connectivity index (χ2v) is 4.22. The van der Waals surface area contributed by atoms with Gasteiger partial charge in [0.1, 0.15) is 5.75 Å². The van der Waals surface area contributed by atoms with E-state index in [1.165, 1.54) is 0 Å². The molecule has 0 atom stereocenters. The van der Waals surface area contributed by atoms with Crippen LogP contribution in [-0.2, 0) is 6.54 Å². The highest BCUT2D eigenvalue weighted by Gasteiger charge is 2.01. The maximum atomic E-state index is 9.64. The molecule has 1 rings (SSSR count). The maximum absolute atomic E-state index is 9.64. The third-order valence-electron chi connectivity index (χ3n) is 1.87. The van der Waals surface area contributed by atoms with Crippen LogP contribution in [-0.4, -0.2) is 14.8 Å². The molecule has 1 N–H and O–H groups in total. The molecule has 0 fully saturated rings. The van der Waals surface area contributed by atoms with Crippen molar-refractivity contribution in [2.45, 2.75) is 13.5 Å². The van der Waals surface area contributed by atoms with E-state index in [4.69, 9.17) is 0 Å². The fourth-order valence-corrected chi connectivity index (χ4v) is 1.42. The Hall–Kier alpha value is -1.42. The molecule has 0 amide bonds. The van der Waals surface area contributed by atoms with E-state index in [1.807, 2.05) is 30.8 Å². The molecule has 14 heavy (non-hydrogen) atoms. The van der Waals surface area contributed by atoms with E-state index >= 15 is 0 Å². The third kappa shape index (κ3) is 2.81. The minimum absolute atomic E-state index is 0.326. The van der Waals surface area contributed by atoms with Gasteiger partial charge >= 0.3 is 0 Å². The quantitative estimate of drug-likeness (QED) is 0.593. The van der Waals surface area contributed by atoms with Crippen LogP contribution >= 0.6 is 0 Å². The summed E-state index contributed by atoms with van der Waals surface area (Å²) < 4.78 is 3.99. The number of aryl methyl sites for hydroxylation is 1. The van der Waals surface area contributed by atoms with Crippen molar-refractivity contribution in [2.75, 3.05) is 0 Å². The molecule has 3 nitrogen and oxygen atoms in total. The number of aromatic hydroxyl groups is 1. The molecule has 74 valence electrons. The molecule has 1 aromatic carbocycles. The number of nitrogens with zero attached hydrogens (tertiary/aromatic N) is 2. The van der Waals surface area contributed by atoms with E-state index in [-0.39, 0.29) is 0 Å². The first-order valence-electron chi connectivity index (χ1n) is 4.47. The summed E-state index contributed by atoms with van der Waals surface area (Å²) in [4.78, 5) is 0. The van der Waals surface area contributed by atoms with Gasteiger partial charge in [0.2, 0.25) is 9.68 Å². The van der Waals surface area contributed by atoms with Crippen LogP contribution in [0.4, 0.5) is 0 Å². The number of hydrogen-bond acceptors (Lipinski definition) is 3. The number of para-hydroxylation sites is 1. The van der Waals surface area contributed by atoms with Gasteiger partial charge in [-0.2, -0.15) is 5.11 Å². The highest BCUT2D eigenvalue weighted by atomic mass is 28.2. The van der Waals surface area contributed by atoms with E-state index in [9.17, 15) is 5.11 Å². The summed E-state index contributed by atoms with van der Waals surface area (Å²) in [6.07, 6.45) is 0. The SMILES string of the molecule is C=C[SiH2]/N=N/Cc1cccc(C)c1O. The van der Waals surface area contributed by atoms with Crippen LogP contribution in [0.2, 0.25) is 0 Å². The Morgan fingerprint density at radius 3 is 3.07 bits per heavy atom. The molecule has 0 aromatic heterocycles. The van der Waals surface area contributed by atoms with Gasteiger partial charge in [-0.1, -0.05) is 23.9 Å². The van der Waals surface area contributed by atoms with E-state index in [1.54, 1.807) is 0 Å². The molecular weight excluding hydrogens is 192 g/mol. The molecule has 0 radical (unpaired) electrons. The zero-order valence-electron chi connectivity index (χ0n) is 8.27. The van der Waals surface area contributed by atoms with Crippen LogP contribution in [0.5, 0.6) is 5.75 Å². The van der Waals surface area contributed by atoms with Crippen molar-refractivity contribution in [1.29, 1.82) is 0 Å². The molecule has 0 saturated heterocycles. The molecule has 0 bridgehead atoms. The largest absolute Gasteiger partial charge is 0.507 e. The van der Waals surface area contributed by atoms with Gasteiger partial charge in [0.25, 0.3) is 0 Å². The molecule has 0 aliphatic carbocycles. The average Bonchev–Trinajstić information content (AvgIpc) is 2.19. The third-order valence-corrected chi connectivity index (χ3v) is 2.49. The molecule has 0 aliphatic heterocycles. The Morgan fingerprint density at radius 2 is 2.36 bits per heavy atom. The summed E-state index contributed by atoms with van der Waals surface area (Å²) in [5, 5.41) is 13.6. The van der Waals surface area contributed by atoms with Gasteiger partial charge in [0.15, 0.2) is 0 Å². The Labute approximate surface area is 86.1 Å². The normalized spacial score (nSPS) is 11.5. The smallest absolute Gasteiger partial charge is 0.201 e. The highest BCUT2D eigenvalue weighted by Crippen LogP contribution is 2.21. The molecular formula is C10H14N2OSi. The molecule has 0 heterocycles. The first-order valence-corrected chi connectivity index (χ1v) is 5.92. The standard InChI is InChI=1S/C10H14N2OSi/c1-3-14-12-11-7-9-6-4-5-8(2)10(9)13/h3-6,13H,1,7,14H2,2H3/b12-11+. The van der Waals surface area contributed by atoms with Gasteiger partial charge in [-0.05, 0) is 12.5 Å². The Morgan fingerprint density at radius 1 is 1.57 bits per heavy atom. The second kappa shape index (κ2) is 5.34. The maximum Gasteiger partial charge on any atom is 0.201 e. The van der Waals surface area contributed by atoms with E-state index in [0.29, 0.717) is 12.3 Å². The Balaban J connectivity index is 2.67. The van der Waals surface area contributed by atoms with Crippen LogP contribution in [0, 0.1) is 6.92 Å². The summed E-state index contributed by atoms with van der Waals surface area (Å²) in [7, 11) is -0.576. The Bertz CT molecular complexity index is 350. The summed E-state index contributed by atoms with van der Waals surface area (Å²) in [5.41, 5.74) is 3.52. The van der Waals surface area contributed by atoms with E-state index in [0.717, 1.165) is 11.1 Å². The predicted molar refractivity (Wildman–Crippen MR) is 60.1 cm³/mol. The van der Waals surface area contributed by atoms with Gasteiger partial charge in [-0.3, -0.25) is 0 Å². The molecule has 0 spiro atoms. The lowest BCUT2D eigenvalue weighted by atomic mass is 10.1. The first-order chi connectivity index (χ1) is 6.75. The number of phenols is 1. The second-order valence-electron chi connectivity index (χ2n) is 2.99. The summed E-state index contributed by atoms with van der Waals surface area (Å²) >= 11 is 0. The van der Waals surface area contributed by atoms with Gasteiger partial charge in [-0.25, -0.2) is 4.78 Å². The lowest BCUT2D eigenvalue weighted by Gasteiger charge is -2.02.